The number of carbonyl (C=O) groups excluding carboxylic acids is 1. The molecule has 1 amide bonds. The standard InChI is InChI=1S/C30H45ClN6O2/c1-7-36(24-10-8-23(9-11-24)35(5)6)28-18-22(31)17-26(20(28)2)29(38)32-19-27-21(13-15-34(3)4)16-25-12-14-33-37(25)30(27)39/h16-18,23-24,33H,7-15,19H2,1-6H3,(H,32,38)/t23-,24-. The minimum Gasteiger partial charge on any atom is -0.369 e. The number of aromatic nitrogens is 1. The lowest BCUT2D eigenvalue weighted by Gasteiger charge is -2.40. The van der Waals surface area contributed by atoms with Crippen LogP contribution in [0.5, 0.6) is 0 Å². The van der Waals surface area contributed by atoms with Gasteiger partial charge < -0.3 is 25.4 Å². The molecule has 0 atom stereocenters. The van der Waals surface area contributed by atoms with E-state index in [-0.39, 0.29) is 18.0 Å². The third-order valence-corrected chi connectivity index (χ3v) is 8.68. The number of halogens is 1. The van der Waals surface area contributed by atoms with Gasteiger partial charge in [0.25, 0.3) is 11.5 Å². The van der Waals surface area contributed by atoms with E-state index >= 15 is 0 Å². The summed E-state index contributed by atoms with van der Waals surface area (Å²) < 4.78 is 1.63. The highest BCUT2D eigenvalue weighted by Crippen LogP contribution is 2.34. The SMILES string of the molecule is CCN(c1cc(Cl)cc(C(=O)NCc2c(CCN(C)C)cc3n(c2=O)NCC3)c1C)[C@H]1CC[C@H](N(C)C)CC1. The van der Waals surface area contributed by atoms with Crippen LogP contribution in [0.3, 0.4) is 0 Å². The van der Waals surface area contributed by atoms with Crippen molar-refractivity contribution in [1.29, 1.82) is 0 Å². The van der Waals surface area contributed by atoms with Crippen molar-refractivity contribution >= 4 is 23.2 Å². The Morgan fingerprint density at radius 3 is 2.44 bits per heavy atom. The molecule has 39 heavy (non-hydrogen) atoms. The molecule has 8 nitrogen and oxygen atoms in total. The molecule has 4 rings (SSSR count). The molecule has 214 valence electrons. The maximum Gasteiger partial charge on any atom is 0.274 e. The Kier molecular flexibility index (Phi) is 9.62. The van der Waals surface area contributed by atoms with Crippen molar-refractivity contribution in [3.05, 3.63) is 61.5 Å². The Morgan fingerprint density at radius 1 is 1.10 bits per heavy atom. The highest BCUT2D eigenvalue weighted by atomic mass is 35.5. The lowest BCUT2D eigenvalue weighted by molar-refractivity contribution is 0.0950. The average Bonchev–Trinajstić information content (AvgIpc) is 3.38. The van der Waals surface area contributed by atoms with Crippen LogP contribution in [-0.2, 0) is 19.4 Å². The molecule has 1 aromatic heterocycles. The van der Waals surface area contributed by atoms with E-state index in [1.54, 1.807) is 10.7 Å². The molecule has 2 heterocycles. The number of carbonyl (C=O) groups is 1. The average molecular weight is 557 g/mol. The lowest BCUT2D eigenvalue weighted by Crippen LogP contribution is -2.42. The van der Waals surface area contributed by atoms with E-state index in [1.165, 1.54) is 12.8 Å². The first kappa shape index (κ1) is 29.4. The van der Waals surface area contributed by atoms with Gasteiger partial charge in [-0.25, -0.2) is 4.68 Å². The molecule has 0 saturated heterocycles. The number of anilines is 1. The largest absolute Gasteiger partial charge is 0.369 e. The number of likely N-dealkylation sites (N-methyl/N-ethyl adjacent to an activating group) is 1. The number of hydrogen-bond donors (Lipinski definition) is 2. The van der Waals surface area contributed by atoms with Crippen molar-refractivity contribution in [2.75, 3.05) is 58.2 Å². The number of nitrogens with one attached hydrogen (secondary N) is 2. The van der Waals surface area contributed by atoms with Gasteiger partial charge in [0.2, 0.25) is 0 Å². The Labute approximate surface area is 238 Å². The normalized spacial score (nSPS) is 18.8. The summed E-state index contributed by atoms with van der Waals surface area (Å²) in [6.45, 7) is 6.78. The summed E-state index contributed by atoms with van der Waals surface area (Å²) >= 11 is 6.59. The molecule has 0 spiro atoms. The van der Waals surface area contributed by atoms with Gasteiger partial charge in [-0.1, -0.05) is 11.6 Å². The monoisotopic (exact) mass is 556 g/mol. The molecular formula is C30H45ClN6O2. The van der Waals surface area contributed by atoms with Crippen molar-refractivity contribution in [1.82, 2.24) is 19.8 Å². The molecule has 1 aliphatic heterocycles. The van der Waals surface area contributed by atoms with Crippen LogP contribution in [0, 0.1) is 6.92 Å². The predicted octanol–water partition coefficient (Wildman–Crippen LogP) is 3.64. The fraction of sp³-hybridized carbons (Fsp3) is 0.600. The predicted molar refractivity (Wildman–Crippen MR) is 161 cm³/mol. The summed E-state index contributed by atoms with van der Waals surface area (Å²) in [7, 11) is 8.37. The molecule has 2 N–H and O–H groups in total. The fourth-order valence-corrected chi connectivity index (χ4v) is 6.35. The highest BCUT2D eigenvalue weighted by Gasteiger charge is 2.28. The third kappa shape index (κ3) is 6.61. The van der Waals surface area contributed by atoms with Crippen molar-refractivity contribution in [3.63, 3.8) is 0 Å². The smallest absolute Gasteiger partial charge is 0.274 e. The van der Waals surface area contributed by atoms with Gasteiger partial charge in [0.1, 0.15) is 0 Å². The van der Waals surface area contributed by atoms with Gasteiger partial charge >= 0.3 is 0 Å². The molecule has 1 aromatic carbocycles. The van der Waals surface area contributed by atoms with E-state index in [2.05, 4.69) is 52.5 Å². The Balaban J connectivity index is 1.56. The first-order chi connectivity index (χ1) is 18.6. The van der Waals surface area contributed by atoms with Gasteiger partial charge in [-0.3, -0.25) is 9.59 Å². The zero-order chi connectivity index (χ0) is 28.3. The lowest BCUT2D eigenvalue weighted by atomic mass is 9.89. The number of nitrogens with zero attached hydrogens (tertiary/aromatic N) is 4. The van der Waals surface area contributed by atoms with Crippen LogP contribution in [0.4, 0.5) is 5.69 Å². The van der Waals surface area contributed by atoms with E-state index in [1.807, 2.05) is 27.1 Å². The second-order valence-electron chi connectivity index (χ2n) is 11.5. The number of rotatable bonds is 10. The Morgan fingerprint density at radius 2 is 1.79 bits per heavy atom. The number of fused-ring (bicyclic) bond motifs is 1. The van der Waals surface area contributed by atoms with Gasteiger partial charge in [0, 0.05) is 72.2 Å². The van der Waals surface area contributed by atoms with Crippen LogP contribution in [0.2, 0.25) is 5.02 Å². The Hall–Kier alpha value is -2.55. The minimum absolute atomic E-state index is 0.0759. The molecule has 1 fully saturated rings. The van der Waals surface area contributed by atoms with Crippen LogP contribution in [0.1, 0.15) is 65.3 Å². The van der Waals surface area contributed by atoms with Gasteiger partial charge in [-0.2, -0.15) is 0 Å². The van der Waals surface area contributed by atoms with Crippen molar-refractivity contribution in [2.45, 2.75) is 71.0 Å². The molecule has 9 heteroatoms. The van der Waals surface area contributed by atoms with E-state index in [9.17, 15) is 9.59 Å². The van der Waals surface area contributed by atoms with Crippen molar-refractivity contribution in [2.24, 2.45) is 0 Å². The van der Waals surface area contributed by atoms with Crippen molar-refractivity contribution in [3.8, 4) is 0 Å². The van der Waals surface area contributed by atoms with Crippen molar-refractivity contribution < 1.29 is 4.79 Å². The molecule has 0 unspecified atom stereocenters. The summed E-state index contributed by atoms with van der Waals surface area (Å²) in [4.78, 5) is 33.7. The molecule has 0 radical (unpaired) electrons. The van der Waals surface area contributed by atoms with Gasteiger partial charge in [-0.05, 0) is 103 Å². The van der Waals surface area contributed by atoms with E-state index in [0.29, 0.717) is 28.2 Å². The number of pyridine rings is 1. The van der Waals surface area contributed by atoms with Gasteiger partial charge in [0.05, 0.1) is 0 Å². The fourth-order valence-electron chi connectivity index (χ4n) is 6.14. The molecule has 2 aromatic rings. The van der Waals surface area contributed by atoms with E-state index < -0.39 is 0 Å². The van der Waals surface area contributed by atoms with Crippen LogP contribution in [-0.4, -0.2) is 80.3 Å². The molecular weight excluding hydrogens is 512 g/mol. The summed E-state index contributed by atoms with van der Waals surface area (Å²) in [5.74, 6) is -0.208. The number of amides is 1. The number of hydrogen-bond acceptors (Lipinski definition) is 6. The molecule has 0 bridgehead atoms. The number of benzene rings is 1. The molecule has 1 aliphatic carbocycles. The maximum absolute atomic E-state index is 13.5. The molecule has 1 saturated carbocycles. The second kappa shape index (κ2) is 12.7. The van der Waals surface area contributed by atoms with E-state index in [4.69, 9.17) is 11.6 Å². The second-order valence-corrected chi connectivity index (χ2v) is 11.9. The summed E-state index contributed by atoms with van der Waals surface area (Å²) in [6.07, 6.45) is 6.16. The van der Waals surface area contributed by atoms with Crippen LogP contribution >= 0.6 is 11.6 Å². The van der Waals surface area contributed by atoms with Gasteiger partial charge in [-0.15, -0.1) is 0 Å². The minimum atomic E-state index is -0.208. The third-order valence-electron chi connectivity index (χ3n) is 8.46. The maximum atomic E-state index is 13.5. The Bertz CT molecular complexity index is 1230. The van der Waals surface area contributed by atoms with Crippen LogP contribution in [0.25, 0.3) is 0 Å². The zero-order valence-electron chi connectivity index (χ0n) is 24.4. The molecule has 2 aliphatic rings. The first-order valence-corrected chi connectivity index (χ1v) is 14.6. The topological polar surface area (TPSA) is 72.8 Å². The highest BCUT2D eigenvalue weighted by molar-refractivity contribution is 6.31. The first-order valence-electron chi connectivity index (χ1n) is 14.3. The summed E-state index contributed by atoms with van der Waals surface area (Å²) in [5, 5.41) is 3.60. The van der Waals surface area contributed by atoms with Crippen LogP contribution < -0.4 is 21.2 Å². The summed E-state index contributed by atoms with van der Waals surface area (Å²) in [6, 6.07) is 6.91. The summed E-state index contributed by atoms with van der Waals surface area (Å²) in [5.41, 5.74) is 8.23. The van der Waals surface area contributed by atoms with Crippen LogP contribution in [0.15, 0.2) is 23.0 Å². The van der Waals surface area contributed by atoms with E-state index in [0.717, 1.165) is 67.8 Å². The quantitative estimate of drug-likeness (QED) is 0.465. The zero-order valence-corrected chi connectivity index (χ0v) is 25.2. The van der Waals surface area contributed by atoms with Gasteiger partial charge in [0.15, 0.2) is 0 Å².